The number of amides is 1. The van der Waals surface area contributed by atoms with Crippen LogP contribution in [0.1, 0.15) is 41.7 Å². The van der Waals surface area contributed by atoms with Gasteiger partial charge in [-0.05, 0) is 41.9 Å². The van der Waals surface area contributed by atoms with Gasteiger partial charge in [-0.15, -0.1) is 0 Å². The number of rotatable bonds is 5. The van der Waals surface area contributed by atoms with E-state index in [1.807, 2.05) is 18.2 Å². The van der Waals surface area contributed by atoms with Crippen LogP contribution >= 0.6 is 0 Å². The second-order valence-electron chi connectivity index (χ2n) is 7.35. The molecule has 0 spiro atoms. The van der Waals surface area contributed by atoms with Crippen LogP contribution in [0.2, 0.25) is 0 Å². The van der Waals surface area contributed by atoms with E-state index >= 15 is 0 Å². The Balaban J connectivity index is 1.63. The van der Waals surface area contributed by atoms with Crippen LogP contribution in [0.4, 0.5) is 11.5 Å². The Kier molecular flexibility index (Phi) is 5.39. The molecule has 1 aromatic carbocycles. The maximum absolute atomic E-state index is 12.0. The summed E-state index contributed by atoms with van der Waals surface area (Å²) in [6.45, 7) is 3.98. The number of nitrogens with two attached hydrogens (primary N) is 1. The van der Waals surface area contributed by atoms with E-state index in [9.17, 15) is 9.82 Å². The number of benzene rings is 1. The molecule has 2 aromatic rings. The lowest BCUT2D eigenvalue weighted by atomic mass is 9.73. The van der Waals surface area contributed by atoms with Gasteiger partial charge in [0.05, 0.1) is 12.6 Å². The second-order valence-corrected chi connectivity index (χ2v) is 7.35. The highest BCUT2D eigenvalue weighted by Crippen LogP contribution is 2.30. The molecule has 0 radical (unpaired) electrons. The number of nitrogens with zero attached hydrogens (tertiary/aromatic N) is 2. The molecule has 2 aliphatic rings. The van der Waals surface area contributed by atoms with E-state index in [4.69, 9.17) is 15.1 Å². The molecule has 0 bridgehead atoms. The number of nitrogens with one attached hydrogen (secondary N) is 1. The molecule has 148 valence electrons. The van der Waals surface area contributed by atoms with E-state index in [-0.39, 0.29) is 6.04 Å². The summed E-state index contributed by atoms with van der Waals surface area (Å²) in [6, 6.07) is 5.75. The summed E-state index contributed by atoms with van der Waals surface area (Å²) < 4.78 is 12.7. The number of fused-ring (bicyclic) bond motifs is 1. The predicted molar refractivity (Wildman–Crippen MR) is 106 cm³/mol. The summed E-state index contributed by atoms with van der Waals surface area (Å²) in [4.78, 5) is 12.0. The smallest absolute Gasteiger partial charge is 0.423 e. The van der Waals surface area contributed by atoms with Gasteiger partial charge in [0.1, 0.15) is 5.56 Å². The molecule has 2 aliphatic heterocycles. The second kappa shape index (κ2) is 7.94. The van der Waals surface area contributed by atoms with Crippen molar-refractivity contribution in [3.05, 3.63) is 35.5 Å². The fourth-order valence-corrected chi connectivity index (χ4v) is 4.01. The van der Waals surface area contributed by atoms with E-state index in [0.717, 1.165) is 36.9 Å². The Morgan fingerprint density at radius 1 is 1.46 bits per heavy atom. The number of carbonyl (C=O) groups is 1. The first-order chi connectivity index (χ1) is 13.6. The molecule has 4 rings (SSSR count). The lowest BCUT2D eigenvalue weighted by Crippen LogP contribution is -2.41. The third kappa shape index (κ3) is 3.65. The Morgan fingerprint density at radius 2 is 2.32 bits per heavy atom. The standard InChI is InChI=1S/C19H25BN4O4/c1-2-12-5-7-27-11-17(12)24-10-15(18(21)25)19(23-24)22-14-4-3-13-6-8-28-20(26)16(13)9-14/h3-4,9-10,12,17,26H,2,5-8,11H2,1H3,(H2,21,25)(H,22,23)/t12-,17-/m0/s1. The highest BCUT2D eigenvalue weighted by atomic mass is 16.5. The summed E-state index contributed by atoms with van der Waals surface area (Å²) in [7, 11) is -0.941. The summed E-state index contributed by atoms with van der Waals surface area (Å²) in [6.07, 6.45) is 4.45. The van der Waals surface area contributed by atoms with Crippen LogP contribution in [0.5, 0.6) is 0 Å². The molecule has 3 heterocycles. The van der Waals surface area contributed by atoms with Crippen molar-refractivity contribution < 1.29 is 19.2 Å². The van der Waals surface area contributed by atoms with E-state index in [0.29, 0.717) is 36.2 Å². The molecule has 1 fully saturated rings. The molecule has 0 unspecified atom stereocenters. The van der Waals surface area contributed by atoms with Crippen LogP contribution < -0.4 is 16.5 Å². The van der Waals surface area contributed by atoms with Crippen LogP contribution in [0.25, 0.3) is 0 Å². The minimum absolute atomic E-state index is 0.0751. The maximum Gasteiger partial charge on any atom is 0.491 e. The van der Waals surface area contributed by atoms with Crippen molar-refractivity contribution in [2.75, 3.05) is 25.1 Å². The fourth-order valence-electron chi connectivity index (χ4n) is 4.01. The van der Waals surface area contributed by atoms with E-state index in [1.165, 1.54) is 0 Å². The third-order valence-corrected chi connectivity index (χ3v) is 5.65. The number of hydrogen-bond acceptors (Lipinski definition) is 6. The van der Waals surface area contributed by atoms with Crippen molar-refractivity contribution in [2.24, 2.45) is 11.7 Å². The molecule has 0 aliphatic carbocycles. The van der Waals surface area contributed by atoms with Gasteiger partial charge in [-0.1, -0.05) is 19.4 Å². The largest absolute Gasteiger partial charge is 0.491 e. The van der Waals surface area contributed by atoms with Crippen LogP contribution in [0.15, 0.2) is 24.4 Å². The zero-order valence-electron chi connectivity index (χ0n) is 15.9. The number of anilines is 2. The lowest BCUT2D eigenvalue weighted by molar-refractivity contribution is 0.0168. The monoisotopic (exact) mass is 384 g/mol. The fraction of sp³-hybridized carbons (Fsp3) is 0.474. The van der Waals surface area contributed by atoms with Crippen LogP contribution in [0, 0.1) is 5.92 Å². The van der Waals surface area contributed by atoms with Gasteiger partial charge in [0.2, 0.25) is 0 Å². The first-order valence-electron chi connectivity index (χ1n) is 9.73. The van der Waals surface area contributed by atoms with Crippen molar-refractivity contribution in [1.29, 1.82) is 0 Å². The average molecular weight is 384 g/mol. The van der Waals surface area contributed by atoms with E-state index < -0.39 is 13.0 Å². The topological polar surface area (TPSA) is 112 Å². The first-order valence-corrected chi connectivity index (χ1v) is 9.73. The molecular formula is C19H25BN4O4. The zero-order valence-corrected chi connectivity index (χ0v) is 15.9. The van der Waals surface area contributed by atoms with Gasteiger partial charge in [0.15, 0.2) is 5.82 Å². The molecule has 1 aromatic heterocycles. The number of ether oxygens (including phenoxy) is 1. The van der Waals surface area contributed by atoms with Crippen molar-refractivity contribution in [3.8, 4) is 0 Å². The molecule has 8 nitrogen and oxygen atoms in total. The van der Waals surface area contributed by atoms with Crippen molar-refractivity contribution in [2.45, 2.75) is 32.2 Å². The van der Waals surface area contributed by atoms with E-state index in [1.54, 1.807) is 10.9 Å². The van der Waals surface area contributed by atoms with Crippen molar-refractivity contribution >= 4 is 30.0 Å². The van der Waals surface area contributed by atoms with Crippen molar-refractivity contribution in [3.63, 3.8) is 0 Å². The van der Waals surface area contributed by atoms with Gasteiger partial charge in [0, 0.05) is 25.1 Å². The quantitative estimate of drug-likeness (QED) is 0.663. The number of hydrogen-bond donors (Lipinski definition) is 3. The van der Waals surface area contributed by atoms with Gasteiger partial charge in [-0.2, -0.15) is 5.10 Å². The molecule has 1 amide bonds. The molecule has 1 saturated heterocycles. The van der Waals surface area contributed by atoms with Gasteiger partial charge >= 0.3 is 7.12 Å². The normalized spacial score (nSPS) is 22.0. The summed E-state index contributed by atoms with van der Waals surface area (Å²) >= 11 is 0. The van der Waals surface area contributed by atoms with Crippen LogP contribution in [-0.2, 0) is 15.8 Å². The van der Waals surface area contributed by atoms with Crippen LogP contribution in [0.3, 0.4) is 0 Å². The third-order valence-electron chi connectivity index (χ3n) is 5.65. The minimum Gasteiger partial charge on any atom is -0.423 e. The Labute approximate surface area is 164 Å². The van der Waals surface area contributed by atoms with Gasteiger partial charge in [-0.3, -0.25) is 9.48 Å². The summed E-state index contributed by atoms with van der Waals surface area (Å²) in [5.41, 5.74) is 8.40. The Hall–Kier alpha value is -2.36. The summed E-state index contributed by atoms with van der Waals surface area (Å²) in [5, 5.41) is 17.9. The van der Waals surface area contributed by atoms with Gasteiger partial charge in [-0.25, -0.2) is 0 Å². The molecule has 28 heavy (non-hydrogen) atoms. The maximum atomic E-state index is 12.0. The Bertz CT molecular complexity index is 872. The molecular weight excluding hydrogens is 359 g/mol. The average Bonchev–Trinajstić information content (AvgIpc) is 3.12. The molecule has 4 N–H and O–H groups in total. The van der Waals surface area contributed by atoms with E-state index in [2.05, 4.69) is 17.3 Å². The summed E-state index contributed by atoms with van der Waals surface area (Å²) in [5.74, 6) is 0.303. The zero-order chi connectivity index (χ0) is 19.7. The Morgan fingerprint density at radius 3 is 3.11 bits per heavy atom. The number of primary amides is 1. The van der Waals surface area contributed by atoms with Crippen LogP contribution in [-0.4, -0.2) is 47.7 Å². The highest BCUT2D eigenvalue weighted by Gasteiger charge is 2.29. The first kappa shape index (κ1) is 19.0. The van der Waals surface area contributed by atoms with Gasteiger partial charge in [0.25, 0.3) is 5.91 Å². The predicted octanol–water partition coefficient (Wildman–Crippen LogP) is 0.973. The molecule has 9 heteroatoms. The molecule has 0 saturated carbocycles. The highest BCUT2D eigenvalue weighted by molar-refractivity contribution is 6.61. The molecule has 2 atom stereocenters. The SMILES string of the molecule is CC[C@H]1CCOC[C@@H]1n1cc(C(N)=O)c(Nc2ccc3c(c2)B(O)OCC3)n1. The van der Waals surface area contributed by atoms with Crippen molar-refractivity contribution in [1.82, 2.24) is 9.78 Å². The number of carbonyl (C=O) groups excluding carboxylic acids is 1. The number of aromatic nitrogens is 2. The lowest BCUT2D eigenvalue weighted by Gasteiger charge is -2.30. The van der Waals surface area contributed by atoms with Gasteiger partial charge < -0.3 is 25.5 Å². The minimum atomic E-state index is -0.941.